The molecular formula is C9H20ClN. The molecule has 1 aliphatic rings. The molecule has 0 atom stereocenters. The van der Waals surface area contributed by atoms with Crippen molar-refractivity contribution in [3.8, 4) is 0 Å². The van der Waals surface area contributed by atoms with Crippen molar-refractivity contribution in [1.29, 1.82) is 0 Å². The Labute approximate surface area is 76.1 Å². The fourth-order valence-electron chi connectivity index (χ4n) is 2.52. The van der Waals surface area contributed by atoms with E-state index >= 15 is 0 Å². The monoisotopic (exact) mass is 177 g/mol. The molecular weight excluding hydrogens is 158 g/mol. The summed E-state index contributed by atoms with van der Waals surface area (Å²) in [5, 5.41) is 0. The van der Waals surface area contributed by atoms with Crippen LogP contribution in [-0.2, 0) is 0 Å². The molecule has 2 N–H and O–H groups in total. The predicted octanol–water partition coefficient (Wildman–Crippen LogP) is 2.58. The standard InChI is InChI=1S/C9H19N.ClH/c1-4-9(7-10)5-8(2,3)6-9;/h4-7,10H2,1-3H3;1H. The van der Waals surface area contributed by atoms with Gasteiger partial charge in [-0.3, -0.25) is 0 Å². The highest BCUT2D eigenvalue weighted by molar-refractivity contribution is 5.85. The fraction of sp³-hybridized carbons (Fsp3) is 1.00. The first-order valence-electron chi connectivity index (χ1n) is 4.24. The molecule has 0 spiro atoms. The second-order valence-electron chi connectivity index (χ2n) is 4.58. The van der Waals surface area contributed by atoms with Crippen LogP contribution in [0.2, 0.25) is 0 Å². The van der Waals surface area contributed by atoms with Crippen molar-refractivity contribution in [3.63, 3.8) is 0 Å². The van der Waals surface area contributed by atoms with E-state index in [1.54, 1.807) is 0 Å². The van der Waals surface area contributed by atoms with Crippen LogP contribution < -0.4 is 5.73 Å². The SMILES string of the molecule is CCC1(CN)CC(C)(C)C1.Cl. The van der Waals surface area contributed by atoms with E-state index in [2.05, 4.69) is 20.8 Å². The molecule has 0 radical (unpaired) electrons. The minimum Gasteiger partial charge on any atom is -0.330 e. The zero-order valence-corrected chi connectivity index (χ0v) is 8.63. The van der Waals surface area contributed by atoms with Crippen molar-refractivity contribution in [2.24, 2.45) is 16.6 Å². The Morgan fingerprint density at radius 2 is 1.73 bits per heavy atom. The molecule has 0 unspecified atom stereocenters. The average molecular weight is 178 g/mol. The number of halogens is 1. The highest BCUT2D eigenvalue weighted by atomic mass is 35.5. The van der Waals surface area contributed by atoms with Gasteiger partial charge in [0, 0.05) is 0 Å². The van der Waals surface area contributed by atoms with Crippen molar-refractivity contribution in [2.75, 3.05) is 6.54 Å². The third kappa shape index (κ3) is 2.09. The van der Waals surface area contributed by atoms with Gasteiger partial charge in [0.2, 0.25) is 0 Å². The summed E-state index contributed by atoms with van der Waals surface area (Å²) in [6, 6.07) is 0. The van der Waals surface area contributed by atoms with Gasteiger partial charge in [-0.2, -0.15) is 0 Å². The number of nitrogens with two attached hydrogens (primary N) is 1. The van der Waals surface area contributed by atoms with Gasteiger partial charge in [-0.1, -0.05) is 20.8 Å². The number of hydrogen-bond acceptors (Lipinski definition) is 1. The van der Waals surface area contributed by atoms with Crippen molar-refractivity contribution in [2.45, 2.75) is 40.0 Å². The molecule has 68 valence electrons. The highest BCUT2D eigenvalue weighted by Gasteiger charge is 2.46. The first-order valence-corrected chi connectivity index (χ1v) is 4.24. The zero-order chi connectivity index (χ0) is 7.83. The van der Waals surface area contributed by atoms with E-state index in [1.807, 2.05) is 0 Å². The van der Waals surface area contributed by atoms with Crippen LogP contribution in [0.3, 0.4) is 0 Å². The summed E-state index contributed by atoms with van der Waals surface area (Å²) < 4.78 is 0. The molecule has 0 saturated heterocycles. The molecule has 0 heterocycles. The number of rotatable bonds is 2. The molecule has 0 aliphatic heterocycles. The van der Waals surface area contributed by atoms with Gasteiger partial charge < -0.3 is 5.73 Å². The molecule has 1 fully saturated rings. The normalized spacial score (nSPS) is 25.1. The van der Waals surface area contributed by atoms with Crippen LogP contribution in [0.15, 0.2) is 0 Å². The summed E-state index contributed by atoms with van der Waals surface area (Å²) in [5.74, 6) is 0. The second-order valence-corrected chi connectivity index (χ2v) is 4.58. The van der Waals surface area contributed by atoms with Crippen LogP contribution in [0.25, 0.3) is 0 Å². The van der Waals surface area contributed by atoms with Crippen molar-refractivity contribution >= 4 is 12.4 Å². The van der Waals surface area contributed by atoms with Crippen LogP contribution in [0.4, 0.5) is 0 Å². The molecule has 0 bridgehead atoms. The van der Waals surface area contributed by atoms with E-state index in [-0.39, 0.29) is 12.4 Å². The van der Waals surface area contributed by atoms with E-state index < -0.39 is 0 Å². The summed E-state index contributed by atoms with van der Waals surface area (Å²) in [6.07, 6.45) is 3.91. The molecule has 0 aromatic heterocycles. The van der Waals surface area contributed by atoms with Gasteiger partial charge in [0.15, 0.2) is 0 Å². The Morgan fingerprint density at radius 3 is 1.82 bits per heavy atom. The van der Waals surface area contributed by atoms with E-state index in [9.17, 15) is 0 Å². The van der Waals surface area contributed by atoms with Gasteiger partial charge in [-0.05, 0) is 36.6 Å². The average Bonchev–Trinajstić information content (AvgIpc) is 1.82. The maximum absolute atomic E-state index is 5.70. The Kier molecular flexibility index (Phi) is 3.40. The van der Waals surface area contributed by atoms with Crippen LogP contribution in [0.5, 0.6) is 0 Å². The van der Waals surface area contributed by atoms with Gasteiger partial charge in [0.05, 0.1) is 0 Å². The van der Waals surface area contributed by atoms with Crippen LogP contribution >= 0.6 is 12.4 Å². The maximum atomic E-state index is 5.70. The Hall–Kier alpha value is 0.250. The summed E-state index contributed by atoms with van der Waals surface area (Å²) in [5.41, 5.74) is 6.80. The Morgan fingerprint density at radius 1 is 1.27 bits per heavy atom. The van der Waals surface area contributed by atoms with Gasteiger partial charge in [-0.25, -0.2) is 0 Å². The molecule has 1 rings (SSSR count). The number of hydrogen-bond donors (Lipinski definition) is 1. The molecule has 1 saturated carbocycles. The first-order chi connectivity index (χ1) is 4.54. The highest BCUT2D eigenvalue weighted by Crippen LogP contribution is 2.55. The lowest BCUT2D eigenvalue weighted by molar-refractivity contribution is -0.00837. The molecule has 0 amide bonds. The van der Waals surface area contributed by atoms with Crippen LogP contribution in [0, 0.1) is 10.8 Å². The molecule has 1 aliphatic carbocycles. The summed E-state index contributed by atoms with van der Waals surface area (Å²) in [6.45, 7) is 7.79. The van der Waals surface area contributed by atoms with Gasteiger partial charge in [0.1, 0.15) is 0 Å². The molecule has 0 aromatic carbocycles. The van der Waals surface area contributed by atoms with E-state index in [4.69, 9.17) is 5.73 Å². The molecule has 1 nitrogen and oxygen atoms in total. The Bertz CT molecular complexity index is 118. The zero-order valence-electron chi connectivity index (χ0n) is 7.81. The molecule has 11 heavy (non-hydrogen) atoms. The smallest absolute Gasteiger partial charge is 0.00202 e. The molecule has 2 heteroatoms. The van der Waals surface area contributed by atoms with Crippen LogP contribution in [-0.4, -0.2) is 6.54 Å². The lowest BCUT2D eigenvalue weighted by atomic mass is 9.53. The fourth-order valence-corrected chi connectivity index (χ4v) is 2.52. The molecule has 0 aromatic rings. The largest absolute Gasteiger partial charge is 0.330 e. The summed E-state index contributed by atoms with van der Waals surface area (Å²) >= 11 is 0. The van der Waals surface area contributed by atoms with Gasteiger partial charge in [-0.15, -0.1) is 12.4 Å². The summed E-state index contributed by atoms with van der Waals surface area (Å²) in [7, 11) is 0. The second kappa shape index (κ2) is 3.32. The quantitative estimate of drug-likeness (QED) is 0.690. The minimum absolute atomic E-state index is 0. The lowest BCUT2D eigenvalue weighted by Gasteiger charge is -2.52. The lowest BCUT2D eigenvalue weighted by Crippen LogP contribution is -2.47. The van der Waals surface area contributed by atoms with Crippen molar-refractivity contribution in [3.05, 3.63) is 0 Å². The van der Waals surface area contributed by atoms with Crippen LogP contribution in [0.1, 0.15) is 40.0 Å². The third-order valence-electron chi connectivity index (χ3n) is 2.89. The van der Waals surface area contributed by atoms with Gasteiger partial charge in [0.25, 0.3) is 0 Å². The Balaban J connectivity index is 0.000001000. The van der Waals surface area contributed by atoms with Gasteiger partial charge >= 0.3 is 0 Å². The summed E-state index contributed by atoms with van der Waals surface area (Å²) in [4.78, 5) is 0. The van der Waals surface area contributed by atoms with E-state index in [0.717, 1.165) is 6.54 Å². The van der Waals surface area contributed by atoms with E-state index in [1.165, 1.54) is 19.3 Å². The topological polar surface area (TPSA) is 26.0 Å². The van der Waals surface area contributed by atoms with Crippen molar-refractivity contribution in [1.82, 2.24) is 0 Å². The maximum Gasteiger partial charge on any atom is -0.00202 e. The van der Waals surface area contributed by atoms with Crippen molar-refractivity contribution < 1.29 is 0 Å². The third-order valence-corrected chi connectivity index (χ3v) is 2.89. The predicted molar refractivity (Wildman–Crippen MR) is 52.0 cm³/mol. The van der Waals surface area contributed by atoms with E-state index in [0.29, 0.717) is 10.8 Å². The first kappa shape index (κ1) is 11.2. The minimum atomic E-state index is 0.